The molecule has 0 aromatic carbocycles. The molecular formula is C14H23N5O2. The molecule has 0 saturated carbocycles. The predicted octanol–water partition coefficient (Wildman–Crippen LogP) is 0.744. The van der Waals surface area contributed by atoms with Crippen LogP contribution >= 0.6 is 0 Å². The maximum absolute atomic E-state index is 12.3. The Bertz CT molecular complexity index is 503. The van der Waals surface area contributed by atoms with Gasteiger partial charge in [-0.2, -0.15) is 0 Å². The number of aromatic nitrogens is 3. The minimum absolute atomic E-state index is 0.00891. The number of hydrogen-bond donors (Lipinski definition) is 2. The first kappa shape index (κ1) is 15.5. The Hall–Kier alpha value is -1.92. The van der Waals surface area contributed by atoms with Crippen molar-refractivity contribution in [1.82, 2.24) is 25.4 Å². The van der Waals surface area contributed by atoms with Crippen LogP contribution in [-0.4, -0.2) is 51.0 Å². The highest BCUT2D eigenvalue weighted by atomic mass is 16.2. The summed E-state index contributed by atoms with van der Waals surface area (Å²) in [6, 6.07) is 0.155. The van der Waals surface area contributed by atoms with Gasteiger partial charge in [-0.05, 0) is 12.8 Å². The van der Waals surface area contributed by atoms with Gasteiger partial charge in [-0.1, -0.05) is 20.8 Å². The highest BCUT2D eigenvalue weighted by Gasteiger charge is 2.26. The van der Waals surface area contributed by atoms with E-state index < -0.39 is 0 Å². The van der Waals surface area contributed by atoms with Crippen molar-refractivity contribution in [2.45, 2.75) is 46.1 Å². The van der Waals surface area contributed by atoms with Crippen molar-refractivity contribution in [2.24, 2.45) is 5.92 Å². The Kier molecular flexibility index (Phi) is 4.93. The summed E-state index contributed by atoms with van der Waals surface area (Å²) < 4.78 is 0. The summed E-state index contributed by atoms with van der Waals surface area (Å²) in [7, 11) is 0. The molecule has 21 heavy (non-hydrogen) atoms. The fourth-order valence-corrected chi connectivity index (χ4v) is 2.29. The monoisotopic (exact) mass is 293 g/mol. The number of hydrogen-bond acceptors (Lipinski definition) is 4. The van der Waals surface area contributed by atoms with Gasteiger partial charge in [0.2, 0.25) is 11.7 Å². The fourth-order valence-electron chi connectivity index (χ4n) is 2.29. The predicted molar refractivity (Wildman–Crippen MR) is 77.7 cm³/mol. The highest BCUT2D eigenvalue weighted by molar-refractivity contribution is 5.90. The lowest BCUT2D eigenvalue weighted by atomic mass is 10.0. The largest absolute Gasteiger partial charge is 0.353 e. The van der Waals surface area contributed by atoms with Gasteiger partial charge >= 0.3 is 0 Å². The zero-order valence-electron chi connectivity index (χ0n) is 12.8. The SMILES string of the molecule is CCc1nc(C(=O)N2CCC(NC(=O)C(C)C)CC2)n[nH]1. The Morgan fingerprint density at radius 1 is 1.38 bits per heavy atom. The molecule has 2 N–H and O–H groups in total. The van der Waals surface area contributed by atoms with Gasteiger partial charge in [0.05, 0.1) is 0 Å². The van der Waals surface area contributed by atoms with E-state index in [9.17, 15) is 9.59 Å². The Morgan fingerprint density at radius 2 is 2.05 bits per heavy atom. The van der Waals surface area contributed by atoms with Gasteiger partial charge in [0, 0.05) is 31.5 Å². The number of carbonyl (C=O) groups is 2. The molecule has 1 aliphatic rings. The second-order valence-electron chi connectivity index (χ2n) is 5.69. The molecule has 0 atom stereocenters. The molecule has 1 aromatic heterocycles. The molecule has 116 valence electrons. The van der Waals surface area contributed by atoms with Crippen LogP contribution in [0.4, 0.5) is 0 Å². The van der Waals surface area contributed by atoms with Crippen LogP contribution in [0.5, 0.6) is 0 Å². The van der Waals surface area contributed by atoms with Crippen LogP contribution in [0.15, 0.2) is 0 Å². The van der Waals surface area contributed by atoms with Gasteiger partial charge in [-0.25, -0.2) is 4.98 Å². The van der Waals surface area contributed by atoms with E-state index in [4.69, 9.17) is 0 Å². The number of piperidine rings is 1. The van der Waals surface area contributed by atoms with Crippen molar-refractivity contribution in [2.75, 3.05) is 13.1 Å². The molecule has 7 heteroatoms. The van der Waals surface area contributed by atoms with Crippen LogP contribution in [0.2, 0.25) is 0 Å². The van der Waals surface area contributed by atoms with Crippen molar-refractivity contribution >= 4 is 11.8 Å². The maximum atomic E-state index is 12.3. The minimum Gasteiger partial charge on any atom is -0.353 e. The summed E-state index contributed by atoms with van der Waals surface area (Å²) in [6.07, 6.45) is 2.27. The van der Waals surface area contributed by atoms with Crippen LogP contribution in [-0.2, 0) is 11.2 Å². The van der Waals surface area contributed by atoms with E-state index in [1.165, 1.54) is 0 Å². The lowest BCUT2D eigenvalue weighted by Crippen LogP contribution is -2.47. The number of likely N-dealkylation sites (tertiary alicyclic amines) is 1. The third kappa shape index (κ3) is 3.80. The first-order valence-electron chi connectivity index (χ1n) is 7.52. The smallest absolute Gasteiger partial charge is 0.293 e. The molecule has 0 aliphatic carbocycles. The lowest BCUT2D eigenvalue weighted by molar-refractivity contribution is -0.124. The number of aromatic amines is 1. The summed E-state index contributed by atoms with van der Waals surface area (Å²) in [4.78, 5) is 29.8. The summed E-state index contributed by atoms with van der Waals surface area (Å²) in [5.41, 5.74) is 0. The number of amides is 2. The molecule has 0 radical (unpaired) electrons. The quantitative estimate of drug-likeness (QED) is 0.856. The average Bonchev–Trinajstić information content (AvgIpc) is 2.96. The Balaban J connectivity index is 1.86. The summed E-state index contributed by atoms with van der Waals surface area (Å²) in [6.45, 7) is 6.96. The maximum Gasteiger partial charge on any atom is 0.293 e. The molecule has 2 amide bonds. The van der Waals surface area contributed by atoms with Crippen molar-refractivity contribution < 1.29 is 9.59 Å². The molecule has 1 saturated heterocycles. The van der Waals surface area contributed by atoms with Crippen LogP contribution < -0.4 is 5.32 Å². The van der Waals surface area contributed by atoms with Gasteiger partial charge in [0.1, 0.15) is 5.82 Å². The molecular weight excluding hydrogens is 270 g/mol. The molecule has 2 rings (SSSR count). The zero-order valence-corrected chi connectivity index (χ0v) is 12.8. The van der Waals surface area contributed by atoms with Gasteiger partial charge in [-0.3, -0.25) is 14.7 Å². The van der Waals surface area contributed by atoms with Gasteiger partial charge < -0.3 is 10.2 Å². The number of carbonyl (C=O) groups excluding carboxylic acids is 2. The first-order valence-corrected chi connectivity index (χ1v) is 7.52. The lowest BCUT2D eigenvalue weighted by Gasteiger charge is -2.32. The molecule has 1 aromatic rings. The number of rotatable bonds is 4. The van der Waals surface area contributed by atoms with E-state index in [-0.39, 0.29) is 29.6 Å². The summed E-state index contributed by atoms with van der Waals surface area (Å²) in [5, 5.41) is 9.73. The molecule has 0 bridgehead atoms. The Labute approximate surface area is 124 Å². The first-order chi connectivity index (χ1) is 10.0. The number of nitrogens with zero attached hydrogens (tertiary/aromatic N) is 3. The van der Waals surface area contributed by atoms with Crippen molar-refractivity contribution in [3.8, 4) is 0 Å². The van der Waals surface area contributed by atoms with E-state index in [2.05, 4.69) is 20.5 Å². The number of H-pyrrole nitrogens is 1. The summed E-state index contributed by atoms with van der Waals surface area (Å²) in [5.74, 6) is 0.875. The standard InChI is InChI=1S/C14H23N5O2/c1-4-11-16-12(18-17-11)14(21)19-7-5-10(6-8-19)15-13(20)9(2)3/h9-10H,4-8H2,1-3H3,(H,15,20)(H,16,17,18). The van der Waals surface area contributed by atoms with Crippen molar-refractivity contribution in [3.63, 3.8) is 0 Å². The molecule has 0 spiro atoms. The molecule has 1 aliphatic heterocycles. The van der Waals surface area contributed by atoms with Crippen molar-refractivity contribution in [1.29, 1.82) is 0 Å². The van der Waals surface area contributed by atoms with Crippen molar-refractivity contribution in [3.05, 3.63) is 11.6 Å². The molecule has 1 fully saturated rings. The number of aryl methyl sites for hydroxylation is 1. The Morgan fingerprint density at radius 3 is 2.57 bits per heavy atom. The molecule has 7 nitrogen and oxygen atoms in total. The van der Waals surface area contributed by atoms with Gasteiger partial charge in [0.25, 0.3) is 5.91 Å². The average molecular weight is 293 g/mol. The van der Waals surface area contributed by atoms with E-state index in [1.807, 2.05) is 20.8 Å². The third-order valence-corrected chi connectivity index (χ3v) is 3.71. The highest BCUT2D eigenvalue weighted by Crippen LogP contribution is 2.13. The van der Waals surface area contributed by atoms with Crippen LogP contribution in [0, 0.1) is 5.92 Å². The summed E-state index contributed by atoms with van der Waals surface area (Å²) >= 11 is 0. The van der Waals surface area contributed by atoms with Crippen LogP contribution in [0.25, 0.3) is 0 Å². The van der Waals surface area contributed by atoms with E-state index in [0.717, 1.165) is 25.1 Å². The topological polar surface area (TPSA) is 91.0 Å². The number of nitrogens with one attached hydrogen (secondary N) is 2. The third-order valence-electron chi connectivity index (χ3n) is 3.71. The second-order valence-corrected chi connectivity index (χ2v) is 5.69. The molecule has 2 heterocycles. The zero-order chi connectivity index (χ0) is 15.4. The second kappa shape index (κ2) is 6.69. The van der Waals surface area contributed by atoms with Gasteiger partial charge in [-0.15, -0.1) is 5.10 Å². The molecule has 0 unspecified atom stereocenters. The van der Waals surface area contributed by atoms with E-state index >= 15 is 0 Å². The van der Waals surface area contributed by atoms with Gasteiger partial charge in [0.15, 0.2) is 0 Å². The fraction of sp³-hybridized carbons (Fsp3) is 0.714. The van der Waals surface area contributed by atoms with Crippen LogP contribution in [0.3, 0.4) is 0 Å². The van der Waals surface area contributed by atoms with E-state index in [1.54, 1.807) is 4.90 Å². The van der Waals surface area contributed by atoms with E-state index in [0.29, 0.717) is 13.1 Å². The van der Waals surface area contributed by atoms with Crippen LogP contribution in [0.1, 0.15) is 50.1 Å². The normalized spacial score (nSPS) is 16.3. The minimum atomic E-state index is -0.139.